The van der Waals surface area contributed by atoms with Crippen molar-refractivity contribution in [1.29, 1.82) is 0 Å². The van der Waals surface area contributed by atoms with Crippen LogP contribution in [0.1, 0.15) is 6.92 Å². The third kappa shape index (κ3) is 19.1. The summed E-state index contributed by atoms with van der Waals surface area (Å²) in [5.74, 6) is -0.223. The number of carbonyl (C=O) groups excluding carboxylic acids is 1. The highest BCUT2D eigenvalue weighted by molar-refractivity contribution is 7.80. The number of nitrogens with two attached hydrogens (primary N) is 1. The number of aliphatic hydroxyl groups is 2. The van der Waals surface area contributed by atoms with Crippen molar-refractivity contribution in [3.8, 4) is 0 Å². The molecule has 0 radical (unpaired) electrons. The maximum Gasteiger partial charge on any atom is 0.255 e. The van der Waals surface area contributed by atoms with Crippen LogP contribution in [0.3, 0.4) is 0 Å². The third-order valence-corrected chi connectivity index (χ3v) is 0.991. The van der Waals surface area contributed by atoms with Crippen molar-refractivity contribution >= 4 is 40.7 Å². The molecule has 0 saturated carbocycles. The standard InChI is InChI=1S/C6H10N2O2S.CH3NOS/c1-3-5(7-4(2)9)8-6(10)11;2-1(3)4/h3,5H,1H2,2H3,(H,7,9)(H2,8,10,11);(H3,2,3,4). The molecule has 0 aliphatic heterocycles. The zero-order valence-corrected chi connectivity index (χ0v) is 9.69. The van der Waals surface area contributed by atoms with Gasteiger partial charge in [0, 0.05) is 6.92 Å². The van der Waals surface area contributed by atoms with Crippen molar-refractivity contribution in [3.05, 3.63) is 12.7 Å². The van der Waals surface area contributed by atoms with Crippen LogP contribution in [0.4, 0.5) is 0 Å². The smallest absolute Gasteiger partial charge is 0.255 e. The van der Waals surface area contributed by atoms with E-state index in [0.29, 0.717) is 0 Å². The Morgan fingerprint density at radius 3 is 2.07 bits per heavy atom. The van der Waals surface area contributed by atoms with Gasteiger partial charge >= 0.3 is 0 Å². The van der Waals surface area contributed by atoms with Crippen LogP contribution in [0.25, 0.3) is 0 Å². The van der Waals surface area contributed by atoms with Gasteiger partial charge in [0.2, 0.25) is 5.91 Å². The Bertz CT molecular complexity index is 238. The van der Waals surface area contributed by atoms with Crippen molar-refractivity contribution in [1.82, 2.24) is 10.6 Å². The summed E-state index contributed by atoms with van der Waals surface area (Å²) in [4.78, 5) is 10.5. The van der Waals surface area contributed by atoms with Crippen LogP contribution in [-0.2, 0) is 4.79 Å². The van der Waals surface area contributed by atoms with Crippen molar-refractivity contribution < 1.29 is 15.0 Å². The number of nitrogens with one attached hydrogen (secondary N) is 2. The molecule has 0 rings (SSSR count). The SMILES string of the molecule is C=CC(NC(C)=O)NC(O)=S.NC(O)=S. The second-order valence-corrected chi connectivity index (χ2v) is 3.01. The monoisotopic (exact) mass is 251 g/mol. The predicted molar refractivity (Wildman–Crippen MR) is 65.6 cm³/mol. The van der Waals surface area contributed by atoms with E-state index in [1.807, 2.05) is 0 Å². The van der Waals surface area contributed by atoms with E-state index < -0.39 is 11.3 Å². The fraction of sp³-hybridized carbons (Fsp3) is 0.286. The summed E-state index contributed by atoms with van der Waals surface area (Å²) in [6.45, 7) is 4.78. The van der Waals surface area contributed by atoms with Crippen LogP contribution in [0.2, 0.25) is 0 Å². The summed E-state index contributed by atoms with van der Waals surface area (Å²) < 4.78 is 0. The zero-order chi connectivity index (χ0) is 12.4. The maximum atomic E-state index is 10.5. The molecule has 0 fully saturated rings. The van der Waals surface area contributed by atoms with Crippen LogP contribution >= 0.6 is 24.4 Å². The molecule has 0 heterocycles. The summed E-state index contributed by atoms with van der Waals surface area (Å²) in [6, 6.07) is 0. The Kier molecular flexibility index (Phi) is 9.79. The summed E-state index contributed by atoms with van der Waals surface area (Å²) in [7, 11) is 0. The second kappa shape index (κ2) is 9.16. The maximum absolute atomic E-state index is 10.5. The minimum Gasteiger partial charge on any atom is -0.487 e. The van der Waals surface area contributed by atoms with Gasteiger partial charge in [-0.25, -0.2) is 0 Å². The summed E-state index contributed by atoms with van der Waals surface area (Å²) >= 11 is 8.21. The fourth-order valence-corrected chi connectivity index (χ4v) is 0.633. The number of aliphatic hydroxyl groups excluding tert-OH is 2. The Morgan fingerprint density at radius 2 is 1.87 bits per heavy atom. The Hall–Kier alpha value is -1.41. The molecule has 0 aromatic rings. The number of amides is 1. The van der Waals surface area contributed by atoms with Gasteiger partial charge in [0.15, 0.2) is 0 Å². The van der Waals surface area contributed by atoms with E-state index in [-0.39, 0.29) is 11.1 Å². The van der Waals surface area contributed by atoms with E-state index in [0.717, 1.165) is 0 Å². The van der Waals surface area contributed by atoms with Gasteiger partial charge in [0.1, 0.15) is 6.17 Å². The zero-order valence-electron chi connectivity index (χ0n) is 8.06. The number of carbonyl (C=O) groups is 1. The van der Waals surface area contributed by atoms with E-state index >= 15 is 0 Å². The molecule has 8 heteroatoms. The van der Waals surface area contributed by atoms with Crippen LogP contribution in [0, 0.1) is 0 Å². The van der Waals surface area contributed by atoms with Crippen molar-refractivity contribution in [2.75, 3.05) is 0 Å². The van der Waals surface area contributed by atoms with Crippen LogP contribution in [-0.4, -0.2) is 32.6 Å². The largest absolute Gasteiger partial charge is 0.487 e. The van der Waals surface area contributed by atoms with Gasteiger partial charge in [-0.2, -0.15) is 0 Å². The Morgan fingerprint density at radius 1 is 1.47 bits per heavy atom. The molecule has 1 atom stereocenters. The Labute approximate surface area is 98.2 Å². The normalized spacial score (nSPS) is 9.93. The predicted octanol–water partition coefficient (Wildman–Crippen LogP) is -0.145. The minimum atomic E-state index is -0.509. The number of rotatable bonds is 3. The van der Waals surface area contributed by atoms with Gasteiger partial charge in [-0.05, 0) is 30.5 Å². The fourth-order valence-electron chi connectivity index (χ4n) is 0.506. The minimum absolute atomic E-state index is 0.223. The summed E-state index contributed by atoms with van der Waals surface area (Å²) in [5.41, 5.74) is 4.40. The van der Waals surface area contributed by atoms with Gasteiger partial charge in [-0.15, -0.1) is 0 Å². The molecular formula is C7H13N3O3S2. The molecule has 0 aromatic heterocycles. The Balaban J connectivity index is 0. The molecule has 0 saturated heterocycles. The first-order valence-corrected chi connectivity index (χ1v) is 4.48. The molecule has 1 unspecified atom stereocenters. The van der Waals surface area contributed by atoms with E-state index in [1.165, 1.54) is 13.0 Å². The summed E-state index contributed by atoms with van der Waals surface area (Å²) in [5, 5.41) is 20.1. The highest BCUT2D eigenvalue weighted by Crippen LogP contribution is 1.79. The average Bonchev–Trinajstić information content (AvgIpc) is 2.00. The highest BCUT2D eigenvalue weighted by Gasteiger charge is 2.04. The lowest BCUT2D eigenvalue weighted by Crippen LogP contribution is -2.45. The van der Waals surface area contributed by atoms with Crippen molar-refractivity contribution in [2.45, 2.75) is 13.1 Å². The molecular weight excluding hydrogens is 238 g/mol. The van der Waals surface area contributed by atoms with Gasteiger partial charge in [-0.1, -0.05) is 6.58 Å². The van der Waals surface area contributed by atoms with Crippen LogP contribution in [0.5, 0.6) is 0 Å². The van der Waals surface area contributed by atoms with Crippen molar-refractivity contribution in [2.24, 2.45) is 5.73 Å². The molecule has 0 aliphatic rings. The first-order valence-electron chi connectivity index (χ1n) is 3.67. The average molecular weight is 251 g/mol. The molecule has 1 amide bonds. The molecule has 0 spiro atoms. The lowest BCUT2D eigenvalue weighted by atomic mass is 10.4. The number of hydrogen-bond acceptors (Lipinski definition) is 3. The first-order chi connectivity index (χ1) is 6.79. The molecule has 86 valence electrons. The second-order valence-electron chi connectivity index (χ2n) is 2.20. The third-order valence-electron chi connectivity index (χ3n) is 0.873. The molecule has 0 aliphatic carbocycles. The molecule has 0 bridgehead atoms. The van der Waals surface area contributed by atoms with Crippen LogP contribution in [0.15, 0.2) is 12.7 Å². The topological polar surface area (TPSA) is 108 Å². The molecule has 6 N–H and O–H groups in total. The lowest BCUT2D eigenvalue weighted by molar-refractivity contribution is -0.119. The van der Waals surface area contributed by atoms with Gasteiger partial charge in [0.05, 0.1) is 0 Å². The van der Waals surface area contributed by atoms with Gasteiger partial charge in [-0.3, -0.25) is 4.79 Å². The van der Waals surface area contributed by atoms with Crippen LogP contribution < -0.4 is 16.4 Å². The first kappa shape index (κ1) is 16.0. The van der Waals surface area contributed by atoms with E-state index in [1.54, 1.807) is 0 Å². The number of thiocarbonyl (C=S) groups is 2. The molecule has 15 heavy (non-hydrogen) atoms. The van der Waals surface area contributed by atoms with E-state index in [9.17, 15) is 4.79 Å². The van der Waals surface area contributed by atoms with Gasteiger partial charge in [0.25, 0.3) is 10.3 Å². The summed E-state index contributed by atoms with van der Waals surface area (Å²) in [6.07, 6.45) is 0.911. The van der Waals surface area contributed by atoms with E-state index in [2.05, 4.69) is 47.4 Å². The highest BCUT2D eigenvalue weighted by atomic mass is 32.1. The lowest BCUT2D eigenvalue weighted by Gasteiger charge is -2.13. The van der Waals surface area contributed by atoms with E-state index in [4.69, 9.17) is 10.2 Å². The molecule has 0 aromatic carbocycles. The number of hydrogen-bond donors (Lipinski definition) is 5. The van der Waals surface area contributed by atoms with Gasteiger partial charge < -0.3 is 26.6 Å². The quantitative estimate of drug-likeness (QED) is 0.270. The van der Waals surface area contributed by atoms with Crippen molar-refractivity contribution in [3.63, 3.8) is 0 Å². The molecule has 6 nitrogen and oxygen atoms in total.